The van der Waals surface area contributed by atoms with Gasteiger partial charge in [0.1, 0.15) is 11.5 Å². The Balaban J connectivity index is 1.36. The number of hydrogen-bond donors (Lipinski definition) is 0. The van der Waals surface area contributed by atoms with Crippen LogP contribution in [0, 0.1) is 33.3 Å². The molecule has 11 heteroatoms. The molecule has 0 aromatic heterocycles. The number of hydrogen-bond acceptors (Lipinski definition) is 7. The summed E-state index contributed by atoms with van der Waals surface area (Å²) in [6.45, 7) is 3.42. The molecule has 10 nitrogen and oxygen atoms in total. The number of amides is 1. The van der Waals surface area contributed by atoms with Crippen LogP contribution in [0.3, 0.4) is 0 Å². The highest BCUT2D eigenvalue weighted by molar-refractivity contribution is 7.89. The predicted octanol–water partition coefficient (Wildman–Crippen LogP) is 2.21. The molecule has 3 atom stereocenters. The molecule has 35 heavy (non-hydrogen) atoms. The number of rotatable bonds is 7. The van der Waals surface area contributed by atoms with Gasteiger partial charge in [0, 0.05) is 61.8 Å². The van der Waals surface area contributed by atoms with E-state index in [-0.39, 0.29) is 47.3 Å². The number of ether oxygens (including phenoxy) is 1. The second-order valence-electron chi connectivity index (χ2n) is 10.3. The molecule has 4 rings (SSSR count). The van der Waals surface area contributed by atoms with Crippen molar-refractivity contribution < 1.29 is 27.7 Å². The van der Waals surface area contributed by atoms with Crippen LogP contribution in [0.2, 0.25) is 0 Å². The summed E-state index contributed by atoms with van der Waals surface area (Å²) in [5, 5.41) is 11.1. The molecule has 0 N–H and O–H groups in total. The first-order valence-electron chi connectivity index (χ1n) is 12.1. The molecule has 2 heterocycles. The van der Waals surface area contributed by atoms with Gasteiger partial charge in [0.2, 0.25) is 22.5 Å². The Hall–Kier alpha value is -2.53. The van der Waals surface area contributed by atoms with E-state index in [1.165, 1.54) is 17.5 Å². The van der Waals surface area contributed by atoms with Crippen LogP contribution in [-0.2, 0) is 19.6 Å². The molecule has 3 fully saturated rings. The van der Waals surface area contributed by atoms with Gasteiger partial charge in [-0.2, -0.15) is 4.31 Å². The zero-order chi connectivity index (χ0) is 25.4. The van der Waals surface area contributed by atoms with Gasteiger partial charge in [-0.15, -0.1) is 0 Å². The first-order valence-corrected chi connectivity index (χ1v) is 13.6. The minimum absolute atomic E-state index is 0.0219. The van der Waals surface area contributed by atoms with Crippen molar-refractivity contribution in [1.82, 2.24) is 9.21 Å². The first kappa shape index (κ1) is 25.6. The molecule has 2 saturated heterocycles. The number of methoxy groups -OCH3 is 1. The molecule has 1 amide bonds. The number of benzene rings is 1. The topological polar surface area (TPSA) is 127 Å². The lowest BCUT2D eigenvalue weighted by molar-refractivity contribution is -0.490. The SMILES string of the molecule is COc1cccc(S(=O)(=O)N2CCC3(CCN(C(=O)C[C@H]4C(=O)C[C@@H](C)[C@@H]4C[N+](=O)[O-])C3)CC2)c1. The summed E-state index contributed by atoms with van der Waals surface area (Å²) in [4.78, 5) is 38.2. The van der Waals surface area contributed by atoms with E-state index < -0.39 is 26.8 Å². The van der Waals surface area contributed by atoms with E-state index in [0.717, 1.165) is 6.42 Å². The highest BCUT2D eigenvalue weighted by Crippen LogP contribution is 2.43. The van der Waals surface area contributed by atoms with Crippen molar-refractivity contribution in [3.8, 4) is 5.75 Å². The van der Waals surface area contributed by atoms with Gasteiger partial charge in [0.15, 0.2) is 0 Å². The van der Waals surface area contributed by atoms with Crippen LogP contribution in [0.4, 0.5) is 0 Å². The van der Waals surface area contributed by atoms with Gasteiger partial charge in [-0.1, -0.05) is 13.0 Å². The molecule has 1 spiro atoms. The summed E-state index contributed by atoms with van der Waals surface area (Å²) in [6.07, 6.45) is 2.41. The van der Waals surface area contributed by atoms with Crippen molar-refractivity contribution in [3.63, 3.8) is 0 Å². The highest BCUT2D eigenvalue weighted by atomic mass is 32.2. The summed E-state index contributed by atoms with van der Waals surface area (Å²) < 4.78 is 32.9. The number of Topliss-reactive ketones (excluding diaryl/α,β-unsaturated/α-hetero) is 1. The average Bonchev–Trinajstić information content (AvgIpc) is 3.35. The summed E-state index contributed by atoms with van der Waals surface area (Å²) in [6, 6.07) is 6.44. The number of ketones is 1. The maximum Gasteiger partial charge on any atom is 0.243 e. The Morgan fingerprint density at radius 1 is 1.23 bits per heavy atom. The molecule has 0 unspecified atom stereocenters. The van der Waals surface area contributed by atoms with Gasteiger partial charge >= 0.3 is 0 Å². The fraction of sp³-hybridized carbons (Fsp3) is 0.667. The molecular formula is C24H33N3O7S. The van der Waals surface area contributed by atoms with E-state index >= 15 is 0 Å². The monoisotopic (exact) mass is 507 g/mol. The van der Waals surface area contributed by atoms with E-state index in [1.54, 1.807) is 23.1 Å². The second-order valence-corrected chi connectivity index (χ2v) is 12.2. The molecular weight excluding hydrogens is 474 g/mol. The minimum Gasteiger partial charge on any atom is -0.497 e. The molecule has 3 aliphatic rings. The van der Waals surface area contributed by atoms with E-state index in [2.05, 4.69) is 0 Å². The van der Waals surface area contributed by atoms with Crippen molar-refractivity contribution in [1.29, 1.82) is 0 Å². The van der Waals surface area contributed by atoms with E-state index in [9.17, 15) is 28.1 Å². The van der Waals surface area contributed by atoms with Crippen LogP contribution in [0.5, 0.6) is 5.75 Å². The maximum absolute atomic E-state index is 13.1. The Morgan fingerprint density at radius 3 is 2.57 bits per heavy atom. The van der Waals surface area contributed by atoms with Crippen molar-refractivity contribution in [2.75, 3.05) is 39.8 Å². The summed E-state index contributed by atoms with van der Waals surface area (Å²) >= 11 is 0. The van der Waals surface area contributed by atoms with E-state index in [0.29, 0.717) is 44.8 Å². The van der Waals surface area contributed by atoms with Gasteiger partial charge < -0.3 is 9.64 Å². The van der Waals surface area contributed by atoms with Crippen LogP contribution < -0.4 is 4.74 Å². The van der Waals surface area contributed by atoms with Gasteiger partial charge in [0.25, 0.3) is 0 Å². The lowest BCUT2D eigenvalue weighted by Crippen LogP contribution is -2.44. The van der Waals surface area contributed by atoms with Gasteiger partial charge in [-0.05, 0) is 42.7 Å². The van der Waals surface area contributed by atoms with Gasteiger partial charge in [-0.25, -0.2) is 8.42 Å². The molecule has 0 radical (unpaired) electrons. The molecule has 0 bridgehead atoms. The first-order chi connectivity index (χ1) is 16.5. The lowest BCUT2D eigenvalue weighted by Gasteiger charge is -2.38. The largest absolute Gasteiger partial charge is 0.497 e. The van der Waals surface area contributed by atoms with Crippen molar-refractivity contribution in [3.05, 3.63) is 34.4 Å². The molecule has 192 valence electrons. The standard InChI is InChI=1S/C24H33N3O7S/c1-17-12-22(28)20(21(17)15-27(30)31)14-23(29)25-9-6-24(16-25)7-10-26(11-8-24)35(32,33)19-5-3-4-18(13-19)34-2/h3-5,13,17,20-21H,6-12,14-16H2,1-2H3/t17-,20-,21+/m1/s1. The summed E-state index contributed by atoms with van der Waals surface area (Å²) in [5.74, 6) is -0.777. The zero-order valence-electron chi connectivity index (χ0n) is 20.2. The minimum atomic E-state index is -3.63. The van der Waals surface area contributed by atoms with Crippen LogP contribution in [0.15, 0.2) is 29.2 Å². The normalized spacial score (nSPS) is 26.9. The highest BCUT2D eigenvalue weighted by Gasteiger charge is 2.47. The third kappa shape index (κ3) is 5.20. The number of nitrogens with zero attached hydrogens (tertiary/aromatic N) is 3. The smallest absolute Gasteiger partial charge is 0.243 e. The summed E-state index contributed by atoms with van der Waals surface area (Å²) in [7, 11) is -2.14. The quantitative estimate of drug-likeness (QED) is 0.409. The molecule has 2 aliphatic heterocycles. The summed E-state index contributed by atoms with van der Waals surface area (Å²) in [5.41, 5.74) is -0.136. The van der Waals surface area contributed by atoms with Crippen LogP contribution in [0.25, 0.3) is 0 Å². The van der Waals surface area contributed by atoms with E-state index in [1.807, 2.05) is 6.92 Å². The van der Waals surface area contributed by atoms with Crippen molar-refractivity contribution >= 4 is 21.7 Å². The van der Waals surface area contributed by atoms with E-state index in [4.69, 9.17) is 4.74 Å². The predicted molar refractivity (Wildman–Crippen MR) is 127 cm³/mol. The van der Waals surface area contributed by atoms with Crippen molar-refractivity contribution in [2.45, 2.75) is 43.9 Å². The number of likely N-dealkylation sites (tertiary alicyclic amines) is 1. The molecule has 1 aromatic rings. The number of piperidine rings is 1. The fourth-order valence-corrected chi connectivity index (χ4v) is 7.46. The van der Waals surface area contributed by atoms with Gasteiger partial charge in [-0.3, -0.25) is 19.7 Å². The second kappa shape index (κ2) is 9.85. The molecule has 1 aliphatic carbocycles. The number of sulfonamides is 1. The lowest BCUT2D eigenvalue weighted by atomic mass is 9.78. The maximum atomic E-state index is 13.1. The van der Waals surface area contributed by atoms with Gasteiger partial charge in [0.05, 0.1) is 12.0 Å². The Bertz CT molecular complexity index is 1100. The molecule has 1 aromatic carbocycles. The Morgan fingerprint density at radius 2 is 1.91 bits per heavy atom. The zero-order valence-corrected chi connectivity index (χ0v) is 21.0. The van der Waals surface area contributed by atoms with Crippen LogP contribution in [0.1, 0.15) is 39.0 Å². The number of carbonyl (C=O) groups excluding carboxylic acids is 2. The number of nitro groups is 1. The van der Waals surface area contributed by atoms with Crippen LogP contribution in [-0.4, -0.2) is 74.1 Å². The van der Waals surface area contributed by atoms with Crippen LogP contribution >= 0.6 is 0 Å². The third-order valence-electron chi connectivity index (χ3n) is 8.19. The fourth-order valence-electron chi connectivity index (χ4n) is 5.98. The Labute approximate surface area is 205 Å². The number of carbonyl (C=O) groups is 2. The Kier molecular flexibility index (Phi) is 7.19. The average molecular weight is 508 g/mol. The van der Waals surface area contributed by atoms with Crippen molar-refractivity contribution in [2.24, 2.45) is 23.2 Å². The third-order valence-corrected chi connectivity index (χ3v) is 10.1. The molecule has 1 saturated carbocycles.